The Morgan fingerprint density at radius 1 is 1.19 bits per heavy atom. The first-order valence-electron chi connectivity index (χ1n) is 7.39. The monoisotopic (exact) mass is 349 g/mol. The summed E-state index contributed by atoms with van der Waals surface area (Å²) in [7, 11) is -0.190. The summed E-state index contributed by atoms with van der Waals surface area (Å²) in [6, 6.07) is 8.61. The van der Waals surface area contributed by atoms with Gasteiger partial charge in [0.1, 0.15) is 5.60 Å². The molecule has 2 aromatic rings. The van der Waals surface area contributed by atoms with E-state index in [9.17, 15) is 0 Å². The van der Waals surface area contributed by atoms with Gasteiger partial charge in [0.2, 0.25) is 0 Å². The first-order chi connectivity index (χ1) is 9.89. The van der Waals surface area contributed by atoms with Gasteiger partial charge in [0.15, 0.2) is 0 Å². The van der Waals surface area contributed by atoms with Crippen molar-refractivity contribution in [3.63, 3.8) is 0 Å². The van der Waals surface area contributed by atoms with Crippen molar-refractivity contribution in [1.82, 2.24) is 4.57 Å². The molecule has 1 fully saturated rings. The van der Waals surface area contributed by atoms with Crippen molar-refractivity contribution in [3.05, 3.63) is 36.0 Å². The highest BCUT2D eigenvalue weighted by atomic mass is 79.9. The molecule has 3 rings (SSSR count). The minimum absolute atomic E-state index is 0.190. The van der Waals surface area contributed by atoms with Crippen molar-refractivity contribution in [3.8, 4) is 0 Å². The van der Waals surface area contributed by atoms with Crippen molar-refractivity contribution in [2.24, 2.45) is 0 Å². The molecule has 5 heteroatoms. The van der Waals surface area contributed by atoms with E-state index in [0.717, 1.165) is 11.9 Å². The fourth-order valence-electron chi connectivity index (χ4n) is 3.34. The van der Waals surface area contributed by atoms with Gasteiger partial charge in [0.25, 0.3) is 0 Å². The molecule has 1 aromatic carbocycles. The average Bonchev–Trinajstić information content (AvgIpc) is 2.89. The molecule has 1 aliphatic rings. The van der Waals surface area contributed by atoms with Gasteiger partial charge in [0, 0.05) is 29.0 Å². The van der Waals surface area contributed by atoms with Crippen LogP contribution in [0.5, 0.6) is 0 Å². The second-order valence-electron chi connectivity index (χ2n) is 6.28. The van der Waals surface area contributed by atoms with Crippen LogP contribution < -0.4 is 0 Å². The second kappa shape index (κ2) is 5.15. The van der Waals surface area contributed by atoms with E-state index in [2.05, 4.69) is 71.7 Å². The lowest BCUT2D eigenvalue weighted by Crippen LogP contribution is -2.42. The Bertz CT molecular complexity index is 669. The minimum atomic E-state index is -0.452. The SMILES string of the molecule is CB1OC(C)(C)C(C)(c2cccc3c2ccn3CCBr)O1. The van der Waals surface area contributed by atoms with Crippen LogP contribution in [0.1, 0.15) is 26.3 Å². The first kappa shape index (κ1) is 15.1. The zero-order valence-electron chi connectivity index (χ0n) is 13.0. The number of aryl methyl sites for hydroxylation is 1. The molecule has 0 bridgehead atoms. The Balaban J connectivity index is 2.17. The number of aromatic nitrogens is 1. The molecule has 2 heterocycles. The quantitative estimate of drug-likeness (QED) is 0.612. The molecule has 0 aliphatic carbocycles. The van der Waals surface area contributed by atoms with Crippen molar-refractivity contribution < 1.29 is 9.31 Å². The van der Waals surface area contributed by atoms with E-state index in [1.54, 1.807) is 0 Å². The number of fused-ring (bicyclic) bond motifs is 1. The lowest BCUT2D eigenvalue weighted by atomic mass is 9.80. The zero-order valence-corrected chi connectivity index (χ0v) is 14.6. The lowest BCUT2D eigenvalue weighted by Gasteiger charge is -2.37. The first-order valence-corrected chi connectivity index (χ1v) is 8.51. The van der Waals surface area contributed by atoms with E-state index >= 15 is 0 Å². The van der Waals surface area contributed by atoms with Crippen LogP contribution in [0.2, 0.25) is 6.82 Å². The van der Waals surface area contributed by atoms with Crippen LogP contribution in [0.4, 0.5) is 0 Å². The number of benzene rings is 1. The van der Waals surface area contributed by atoms with Crippen molar-refractivity contribution in [2.75, 3.05) is 5.33 Å². The molecular formula is C16H21BBrNO2. The highest BCUT2D eigenvalue weighted by Gasteiger charge is 2.53. The molecule has 112 valence electrons. The molecule has 0 N–H and O–H groups in total. The van der Waals surface area contributed by atoms with Gasteiger partial charge in [-0.3, -0.25) is 0 Å². The maximum Gasteiger partial charge on any atom is 0.454 e. The molecule has 0 radical (unpaired) electrons. The van der Waals surface area contributed by atoms with Gasteiger partial charge in [-0.05, 0) is 45.3 Å². The van der Waals surface area contributed by atoms with Crippen molar-refractivity contribution in [1.29, 1.82) is 0 Å². The summed E-state index contributed by atoms with van der Waals surface area (Å²) in [6.07, 6.45) is 2.14. The predicted molar refractivity (Wildman–Crippen MR) is 91.0 cm³/mol. The molecule has 1 unspecified atom stereocenters. The number of nitrogens with zero attached hydrogens (tertiary/aromatic N) is 1. The van der Waals surface area contributed by atoms with Crippen LogP contribution in [-0.4, -0.2) is 22.6 Å². The Labute approximate surface area is 134 Å². The number of alkyl halides is 1. The van der Waals surface area contributed by atoms with E-state index in [1.807, 2.05) is 6.82 Å². The van der Waals surface area contributed by atoms with E-state index in [1.165, 1.54) is 16.5 Å². The van der Waals surface area contributed by atoms with E-state index in [0.29, 0.717) is 0 Å². The standard InChI is InChI=1S/C16H21BBrNO2/c1-15(2)16(3,21-17(4)20-15)13-6-5-7-14-12(13)8-10-19(14)11-9-18/h5-8,10H,9,11H2,1-4H3. The zero-order chi connectivity index (χ0) is 15.3. The Morgan fingerprint density at radius 3 is 2.57 bits per heavy atom. The van der Waals surface area contributed by atoms with Crippen LogP contribution in [0.25, 0.3) is 10.9 Å². The molecule has 1 atom stereocenters. The van der Waals surface area contributed by atoms with Crippen molar-refractivity contribution >= 4 is 34.0 Å². The maximum atomic E-state index is 6.19. The van der Waals surface area contributed by atoms with Gasteiger partial charge in [-0.2, -0.15) is 0 Å². The lowest BCUT2D eigenvalue weighted by molar-refractivity contribution is -0.0122. The summed E-state index contributed by atoms with van der Waals surface area (Å²) in [5.41, 5.74) is 1.62. The smallest absolute Gasteiger partial charge is 0.403 e. The highest BCUT2D eigenvalue weighted by molar-refractivity contribution is 9.09. The summed E-state index contributed by atoms with van der Waals surface area (Å²) in [4.78, 5) is 0. The van der Waals surface area contributed by atoms with Gasteiger partial charge in [0.05, 0.1) is 5.60 Å². The van der Waals surface area contributed by atoms with Crippen LogP contribution >= 0.6 is 15.9 Å². The molecular weight excluding hydrogens is 329 g/mol. The van der Waals surface area contributed by atoms with E-state index < -0.39 is 5.60 Å². The molecule has 1 aliphatic heterocycles. The molecule has 21 heavy (non-hydrogen) atoms. The maximum absolute atomic E-state index is 6.19. The third-order valence-corrected chi connectivity index (χ3v) is 5.02. The Hall–Kier alpha value is -0.775. The summed E-state index contributed by atoms with van der Waals surface area (Å²) >= 11 is 3.51. The van der Waals surface area contributed by atoms with Crippen LogP contribution in [-0.2, 0) is 21.5 Å². The van der Waals surface area contributed by atoms with E-state index in [-0.39, 0.29) is 12.7 Å². The predicted octanol–water partition coefficient (Wildman–Crippen LogP) is 4.19. The number of halogens is 1. The van der Waals surface area contributed by atoms with Crippen LogP contribution in [0, 0.1) is 0 Å². The van der Waals surface area contributed by atoms with Gasteiger partial charge < -0.3 is 13.9 Å². The van der Waals surface area contributed by atoms with Gasteiger partial charge in [-0.1, -0.05) is 28.1 Å². The third kappa shape index (κ3) is 2.26. The molecule has 0 spiro atoms. The van der Waals surface area contributed by atoms with Gasteiger partial charge in [-0.15, -0.1) is 0 Å². The summed E-state index contributed by atoms with van der Waals surface area (Å²) in [5, 5.41) is 2.19. The fourth-order valence-corrected chi connectivity index (χ4v) is 3.72. The summed E-state index contributed by atoms with van der Waals surface area (Å²) in [5.74, 6) is 0. The van der Waals surface area contributed by atoms with Gasteiger partial charge in [-0.25, -0.2) is 0 Å². The topological polar surface area (TPSA) is 23.4 Å². The minimum Gasteiger partial charge on any atom is -0.403 e. The molecule has 1 saturated heterocycles. The Morgan fingerprint density at radius 2 is 1.95 bits per heavy atom. The summed E-state index contributed by atoms with van der Waals surface area (Å²) in [6.45, 7) is 9.26. The molecule has 3 nitrogen and oxygen atoms in total. The normalized spacial score (nSPS) is 24.9. The Kier molecular flexibility index (Phi) is 3.71. The number of rotatable bonds is 3. The highest BCUT2D eigenvalue weighted by Crippen LogP contribution is 2.47. The average molecular weight is 350 g/mol. The molecule has 0 saturated carbocycles. The summed E-state index contributed by atoms with van der Waals surface area (Å²) < 4.78 is 14.4. The number of hydrogen-bond acceptors (Lipinski definition) is 2. The van der Waals surface area contributed by atoms with Crippen LogP contribution in [0.3, 0.4) is 0 Å². The number of hydrogen-bond donors (Lipinski definition) is 0. The van der Waals surface area contributed by atoms with Crippen molar-refractivity contribution in [2.45, 2.75) is 45.3 Å². The third-order valence-electron chi connectivity index (χ3n) is 4.66. The van der Waals surface area contributed by atoms with Crippen LogP contribution in [0.15, 0.2) is 30.5 Å². The fraction of sp³-hybridized carbons (Fsp3) is 0.500. The second-order valence-corrected chi connectivity index (χ2v) is 7.08. The van der Waals surface area contributed by atoms with Gasteiger partial charge >= 0.3 is 7.12 Å². The molecule has 0 amide bonds. The largest absolute Gasteiger partial charge is 0.454 e. The van der Waals surface area contributed by atoms with E-state index in [4.69, 9.17) is 9.31 Å². The molecule has 1 aromatic heterocycles.